The summed E-state index contributed by atoms with van der Waals surface area (Å²) in [4.78, 5) is 7.19. The van der Waals surface area contributed by atoms with E-state index in [1.807, 2.05) is 0 Å². The van der Waals surface area contributed by atoms with E-state index in [4.69, 9.17) is 4.99 Å². The Kier molecular flexibility index (Phi) is 11.3. The molecule has 0 bridgehead atoms. The first-order chi connectivity index (χ1) is 11.2. The standard InChI is InChI=1S/C18H36N4O.HI/c1-3-19-18(21-16-7-5-15(2)6-8-16)20-11-4-12-22-13-9-17(23)10-14-22;/h15-17,23H,3-14H2,1-2H3,(H2,19,20,21);1H. The first-order valence-electron chi connectivity index (χ1n) is 9.62. The molecule has 0 aromatic rings. The summed E-state index contributed by atoms with van der Waals surface area (Å²) >= 11 is 0. The molecule has 1 aliphatic heterocycles. The van der Waals surface area contributed by atoms with Crippen molar-refractivity contribution in [3.8, 4) is 0 Å². The van der Waals surface area contributed by atoms with Crippen molar-refractivity contribution in [1.29, 1.82) is 0 Å². The second-order valence-electron chi connectivity index (χ2n) is 7.29. The van der Waals surface area contributed by atoms with Crippen molar-refractivity contribution >= 4 is 29.9 Å². The van der Waals surface area contributed by atoms with Gasteiger partial charge in [-0.05, 0) is 64.3 Å². The number of piperidine rings is 1. The van der Waals surface area contributed by atoms with Gasteiger partial charge in [-0.15, -0.1) is 24.0 Å². The molecule has 5 nitrogen and oxygen atoms in total. The van der Waals surface area contributed by atoms with Crippen LogP contribution in [0.1, 0.15) is 58.8 Å². The van der Waals surface area contributed by atoms with E-state index in [1.165, 1.54) is 25.7 Å². The van der Waals surface area contributed by atoms with Crippen molar-refractivity contribution in [2.45, 2.75) is 70.9 Å². The third-order valence-corrected chi connectivity index (χ3v) is 5.16. The summed E-state index contributed by atoms with van der Waals surface area (Å²) in [5.74, 6) is 1.87. The van der Waals surface area contributed by atoms with Crippen molar-refractivity contribution in [1.82, 2.24) is 15.5 Å². The minimum atomic E-state index is -0.0768. The van der Waals surface area contributed by atoms with Gasteiger partial charge < -0.3 is 20.6 Å². The van der Waals surface area contributed by atoms with Crippen LogP contribution in [0, 0.1) is 5.92 Å². The molecule has 24 heavy (non-hydrogen) atoms. The maximum Gasteiger partial charge on any atom is 0.191 e. The summed E-state index contributed by atoms with van der Waals surface area (Å²) in [5, 5.41) is 16.5. The zero-order valence-electron chi connectivity index (χ0n) is 15.5. The molecule has 0 spiro atoms. The molecule has 0 amide bonds. The fourth-order valence-electron chi connectivity index (χ4n) is 3.55. The van der Waals surface area contributed by atoms with E-state index in [-0.39, 0.29) is 30.1 Å². The molecule has 2 aliphatic rings. The Bertz CT molecular complexity index is 351. The summed E-state index contributed by atoms with van der Waals surface area (Å²) < 4.78 is 0. The maximum absolute atomic E-state index is 9.54. The van der Waals surface area contributed by atoms with Gasteiger partial charge in [-0.2, -0.15) is 0 Å². The zero-order chi connectivity index (χ0) is 16.5. The molecule has 0 aromatic carbocycles. The number of nitrogens with one attached hydrogen (secondary N) is 2. The third-order valence-electron chi connectivity index (χ3n) is 5.16. The first-order valence-corrected chi connectivity index (χ1v) is 9.62. The predicted molar refractivity (Wildman–Crippen MR) is 112 cm³/mol. The monoisotopic (exact) mass is 452 g/mol. The van der Waals surface area contributed by atoms with Crippen LogP contribution >= 0.6 is 24.0 Å². The van der Waals surface area contributed by atoms with Crippen LogP contribution in [0.15, 0.2) is 4.99 Å². The minimum absolute atomic E-state index is 0. The molecule has 2 fully saturated rings. The molecular weight excluding hydrogens is 415 g/mol. The molecule has 0 radical (unpaired) electrons. The molecule has 142 valence electrons. The molecule has 1 saturated heterocycles. The van der Waals surface area contributed by atoms with Crippen LogP contribution in [0.2, 0.25) is 0 Å². The highest BCUT2D eigenvalue weighted by Crippen LogP contribution is 2.23. The lowest BCUT2D eigenvalue weighted by Crippen LogP contribution is -2.44. The normalized spacial score (nSPS) is 26.7. The third kappa shape index (κ3) is 8.34. The van der Waals surface area contributed by atoms with E-state index >= 15 is 0 Å². The summed E-state index contributed by atoms with van der Waals surface area (Å²) in [6, 6.07) is 0.590. The second-order valence-corrected chi connectivity index (χ2v) is 7.29. The smallest absolute Gasteiger partial charge is 0.191 e. The largest absolute Gasteiger partial charge is 0.393 e. The number of likely N-dealkylation sites (tertiary alicyclic amines) is 1. The van der Waals surface area contributed by atoms with E-state index in [2.05, 4.69) is 29.4 Å². The van der Waals surface area contributed by atoms with Gasteiger partial charge in [-0.25, -0.2) is 0 Å². The molecule has 0 aromatic heterocycles. The highest BCUT2D eigenvalue weighted by molar-refractivity contribution is 14.0. The van der Waals surface area contributed by atoms with Gasteiger partial charge in [0, 0.05) is 32.2 Å². The number of aliphatic hydroxyl groups is 1. The number of hydrogen-bond acceptors (Lipinski definition) is 3. The number of rotatable bonds is 6. The van der Waals surface area contributed by atoms with Gasteiger partial charge in [-0.3, -0.25) is 4.99 Å². The average Bonchev–Trinajstić information content (AvgIpc) is 2.55. The molecule has 2 rings (SSSR count). The lowest BCUT2D eigenvalue weighted by molar-refractivity contribution is 0.0824. The van der Waals surface area contributed by atoms with Crippen molar-refractivity contribution in [2.75, 3.05) is 32.7 Å². The number of halogens is 1. The van der Waals surface area contributed by atoms with E-state index in [1.54, 1.807) is 0 Å². The van der Waals surface area contributed by atoms with E-state index in [0.717, 1.165) is 63.9 Å². The Morgan fingerprint density at radius 1 is 1.12 bits per heavy atom. The van der Waals surface area contributed by atoms with Crippen LogP contribution in [0.25, 0.3) is 0 Å². The summed E-state index contributed by atoms with van der Waals surface area (Å²) in [7, 11) is 0. The Morgan fingerprint density at radius 2 is 1.79 bits per heavy atom. The molecule has 1 heterocycles. The molecule has 0 unspecified atom stereocenters. The Labute approximate surface area is 165 Å². The van der Waals surface area contributed by atoms with Gasteiger partial charge in [0.2, 0.25) is 0 Å². The van der Waals surface area contributed by atoms with E-state index < -0.39 is 0 Å². The van der Waals surface area contributed by atoms with Crippen molar-refractivity contribution in [3.63, 3.8) is 0 Å². The topological polar surface area (TPSA) is 59.9 Å². The highest BCUT2D eigenvalue weighted by atomic mass is 127. The van der Waals surface area contributed by atoms with Gasteiger partial charge in [0.1, 0.15) is 0 Å². The van der Waals surface area contributed by atoms with Crippen LogP contribution < -0.4 is 10.6 Å². The van der Waals surface area contributed by atoms with Crippen LogP contribution in [-0.4, -0.2) is 60.8 Å². The van der Waals surface area contributed by atoms with Gasteiger partial charge in [0.15, 0.2) is 5.96 Å². The van der Waals surface area contributed by atoms with Gasteiger partial charge in [0.05, 0.1) is 6.10 Å². The molecular formula is C18H37IN4O. The summed E-state index contributed by atoms with van der Waals surface area (Å²) in [6.07, 6.45) is 8.06. The molecule has 6 heteroatoms. The number of aliphatic imine (C=N–C) groups is 1. The number of hydrogen-bond donors (Lipinski definition) is 3. The predicted octanol–water partition coefficient (Wildman–Crippen LogP) is 2.59. The maximum atomic E-state index is 9.54. The Morgan fingerprint density at radius 3 is 2.42 bits per heavy atom. The van der Waals surface area contributed by atoms with Gasteiger partial charge in [0.25, 0.3) is 0 Å². The number of nitrogens with zero attached hydrogens (tertiary/aromatic N) is 2. The second kappa shape index (κ2) is 12.3. The van der Waals surface area contributed by atoms with Crippen LogP contribution in [-0.2, 0) is 0 Å². The van der Waals surface area contributed by atoms with E-state index in [9.17, 15) is 5.11 Å². The summed E-state index contributed by atoms with van der Waals surface area (Å²) in [5.41, 5.74) is 0. The first kappa shape index (κ1) is 22.0. The summed E-state index contributed by atoms with van der Waals surface area (Å²) in [6.45, 7) is 9.42. The lowest BCUT2D eigenvalue weighted by atomic mass is 9.87. The van der Waals surface area contributed by atoms with Crippen LogP contribution in [0.5, 0.6) is 0 Å². The quantitative estimate of drug-likeness (QED) is 0.251. The average molecular weight is 452 g/mol. The number of aliphatic hydroxyl groups excluding tert-OH is 1. The Balaban J connectivity index is 0.00000288. The number of guanidine groups is 1. The zero-order valence-corrected chi connectivity index (χ0v) is 17.8. The van der Waals surface area contributed by atoms with Crippen LogP contribution in [0.3, 0.4) is 0 Å². The molecule has 1 saturated carbocycles. The minimum Gasteiger partial charge on any atom is -0.393 e. The van der Waals surface area contributed by atoms with Crippen molar-refractivity contribution in [3.05, 3.63) is 0 Å². The molecule has 1 aliphatic carbocycles. The van der Waals surface area contributed by atoms with E-state index in [0.29, 0.717) is 6.04 Å². The fraction of sp³-hybridized carbons (Fsp3) is 0.944. The Hall–Kier alpha value is -0.0800. The van der Waals surface area contributed by atoms with Gasteiger partial charge in [-0.1, -0.05) is 6.92 Å². The van der Waals surface area contributed by atoms with Crippen molar-refractivity contribution < 1.29 is 5.11 Å². The van der Waals surface area contributed by atoms with Crippen LogP contribution in [0.4, 0.5) is 0 Å². The van der Waals surface area contributed by atoms with Gasteiger partial charge >= 0.3 is 0 Å². The molecule has 0 atom stereocenters. The SMILES string of the molecule is CCNC(=NCCCN1CCC(O)CC1)NC1CCC(C)CC1.I. The van der Waals surface area contributed by atoms with Crippen molar-refractivity contribution in [2.24, 2.45) is 10.9 Å². The lowest BCUT2D eigenvalue weighted by Gasteiger charge is -2.29. The molecule has 3 N–H and O–H groups in total. The highest BCUT2D eigenvalue weighted by Gasteiger charge is 2.19. The fourth-order valence-corrected chi connectivity index (χ4v) is 3.55.